The number of nitrogens with zero attached hydrogens (tertiary/aromatic N) is 2. The normalized spacial score (nSPS) is 11.6. The highest BCUT2D eigenvalue weighted by Crippen LogP contribution is 2.38. The third-order valence-corrected chi connectivity index (χ3v) is 4.74. The molecule has 168 valence electrons. The summed E-state index contributed by atoms with van der Waals surface area (Å²) in [5, 5.41) is 6.21. The van der Waals surface area contributed by atoms with Gasteiger partial charge in [-0.2, -0.15) is 18.3 Å². The molecule has 0 aliphatic carbocycles. The monoisotopic (exact) mass is 467 g/mol. The van der Waals surface area contributed by atoms with Gasteiger partial charge >= 0.3 is 12.1 Å². The van der Waals surface area contributed by atoms with Crippen LogP contribution in [0, 0.1) is 0 Å². The second-order valence-corrected chi connectivity index (χ2v) is 7.43. The molecule has 7 nitrogen and oxygen atoms in total. The molecule has 32 heavy (non-hydrogen) atoms. The van der Waals surface area contributed by atoms with E-state index in [1.807, 2.05) is 5.32 Å². The minimum absolute atomic E-state index is 0.199. The molecule has 1 amide bonds. The van der Waals surface area contributed by atoms with Crippen molar-refractivity contribution in [3.63, 3.8) is 0 Å². The molecule has 0 radical (unpaired) electrons. The summed E-state index contributed by atoms with van der Waals surface area (Å²) < 4.78 is 45.6. The van der Waals surface area contributed by atoms with Gasteiger partial charge in [0.25, 0.3) is 11.5 Å². The molecule has 1 N–H and O–H groups in total. The van der Waals surface area contributed by atoms with Crippen LogP contribution in [0.5, 0.6) is 0 Å². The average Bonchev–Trinajstić information content (AvgIpc) is 2.73. The van der Waals surface area contributed by atoms with Gasteiger partial charge in [-0.25, -0.2) is 9.48 Å². The third-order valence-electron chi connectivity index (χ3n) is 4.43. The van der Waals surface area contributed by atoms with E-state index < -0.39 is 41.5 Å². The van der Waals surface area contributed by atoms with Gasteiger partial charge in [-0.3, -0.25) is 9.59 Å². The number of nitrogens with one attached hydrogen (secondary N) is 1. The number of hydrogen-bond donors (Lipinski definition) is 1. The molecule has 1 aromatic heterocycles. The van der Waals surface area contributed by atoms with E-state index >= 15 is 0 Å². The number of benzene rings is 2. The lowest BCUT2D eigenvalue weighted by atomic mass is 10.1. The zero-order valence-corrected chi connectivity index (χ0v) is 17.6. The Bertz CT molecular complexity index is 1260. The van der Waals surface area contributed by atoms with Crippen molar-refractivity contribution in [3.05, 3.63) is 69.1 Å². The number of carbonyl (C=O) groups is 2. The Morgan fingerprint density at radius 3 is 2.41 bits per heavy atom. The summed E-state index contributed by atoms with van der Waals surface area (Å²) >= 11 is 5.80. The fourth-order valence-electron chi connectivity index (χ4n) is 2.97. The number of hydrogen-bond acceptors (Lipinski definition) is 5. The molecule has 0 unspecified atom stereocenters. The van der Waals surface area contributed by atoms with E-state index in [0.29, 0.717) is 0 Å². The van der Waals surface area contributed by atoms with Gasteiger partial charge in [-0.1, -0.05) is 35.9 Å². The Hall–Kier alpha value is -3.40. The lowest BCUT2D eigenvalue weighted by Gasteiger charge is -2.15. The summed E-state index contributed by atoms with van der Waals surface area (Å²) in [5.74, 6) is -2.04. The SMILES string of the molecule is CC(C)n1nc(C(=O)OCC(=O)Nc2c(Cl)cccc2C(F)(F)F)c2ccccc2c1=O. The molecule has 0 bridgehead atoms. The van der Waals surface area contributed by atoms with Crippen molar-refractivity contribution in [1.29, 1.82) is 0 Å². The summed E-state index contributed by atoms with van der Waals surface area (Å²) in [6, 6.07) is 8.94. The van der Waals surface area contributed by atoms with Gasteiger partial charge in [0, 0.05) is 5.39 Å². The number of fused-ring (bicyclic) bond motifs is 1. The molecule has 1 heterocycles. The minimum Gasteiger partial charge on any atom is -0.451 e. The fraction of sp³-hybridized carbons (Fsp3) is 0.238. The standard InChI is InChI=1S/C21H17ClF3N3O4/c1-11(2)28-19(30)13-7-4-3-6-12(13)17(27-28)20(31)32-10-16(29)26-18-14(21(23,24)25)8-5-9-15(18)22/h3-9,11H,10H2,1-2H3,(H,26,29). The Balaban J connectivity index is 1.83. The van der Waals surface area contributed by atoms with Gasteiger partial charge in [0.15, 0.2) is 12.3 Å². The van der Waals surface area contributed by atoms with Crippen molar-refractivity contribution in [2.24, 2.45) is 0 Å². The highest BCUT2D eigenvalue weighted by atomic mass is 35.5. The maximum absolute atomic E-state index is 13.2. The first-order valence-electron chi connectivity index (χ1n) is 9.35. The third kappa shape index (κ3) is 4.75. The summed E-state index contributed by atoms with van der Waals surface area (Å²) in [6.07, 6.45) is -4.75. The largest absolute Gasteiger partial charge is 0.451 e. The lowest BCUT2D eigenvalue weighted by molar-refractivity contribution is -0.137. The van der Waals surface area contributed by atoms with Crippen LogP contribution in [-0.2, 0) is 15.7 Å². The summed E-state index contributed by atoms with van der Waals surface area (Å²) in [7, 11) is 0. The molecule has 2 aromatic carbocycles. The van der Waals surface area contributed by atoms with Crippen LogP contribution >= 0.6 is 11.6 Å². The number of esters is 1. The van der Waals surface area contributed by atoms with Crippen LogP contribution in [0.25, 0.3) is 10.8 Å². The van der Waals surface area contributed by atoms with E-state index in [0.717, 1.165) is 16.8 Å². The van der Waals surface area contributed by atoms with Crippen LogP contribution < -0.4 is 10.9 Å². The number of halogens is 4. The van der Waals surface area contributed by atoms with Crippen LogP contribution in [0.1, 0.15) is 35.9 Å². The number of alkyl halides is 3. The van der Waals surface area contributed by atoms with Crippen LogP contribution in [0.4, 0.5) is 18.9 Å². The first-order chi connectivity index (χ1) is 15.0. The zero-order chi connectivity index (χ0) is 23.6. The van der Waals surface area contributed by atoms with E-state index in [-0.39, 0.29) is 27.5 Å². The molecule has 3 aromatic rings. The Morgan fingerprint density at radius 2 is 1.78 bits per heavy atom. The Labute approximate surface area is 184 Å². The van der Waals surface area contributed by atoms with Crippen LogP contribution in [0.15, 0.2) is 47.3 Å². The maximum Gasteiger partial charge on any atom is 0.418 e. The minimum atomic E-state index is -4.75. The van der Waals surface area contributed by atoms with Crippen LogP contribution in [0.2, 0.25) is 5.02 Å². The number of rotatable bonds is 5. The topological polar surface area (TPSA) is 90.3 Å². The molecule has 0 saturated carbocycles. The quantitative estimate of drug-likeness (QED) is 0.560. The number of para-hydroxylation sites is 1. The molecule has 3 rings (SSSR count). The molecule has 0 saturated heterocycles. The van der Waals surface area contributed by atoms with E-state index in [9.17, 15) is 27.6 Å². The fourth-order valence-corrected chi connectivity index (χ4v) is 3.19. The highest BCUT2D eigenvalue weighted by Gasteiger charge is 2.35. The maximum atomic E-state index is 13.2. The Kier molecular flexibility index (Phi) is 6.54. The highest BCUT2D eigenvalue weighted by molar-refractivity contribution is 6.34. The zero-order valence-electron chi connectivity index (χ0n) is 16.9. The van der Waals surface area contributed by atoms with E-state index in [4.69, 9.17) is 16.3 Å². The number of ether oxygens (including phenoxy) is 1. The number of aromatic nitrogens is 2. The predicted octanol–water partition coefficient (Wildman–Crippen LogP) is 4.45. The van der Waals surface area contributed by atoms with Crippen molar-refractivity contribution < 1.29 is 27.5 Å². The van der Waals surface area contributed by atoms with Crippen LogP contribution in [-0.4, -0.2) is 28.3 Å². The van der Waals surface area contributed by atoms with Gasteiger partial charge in [0.1, 0.15) is 0 Å². The predicted molar refractivity (Wildman–Crippen MR) is 112 cm³/mol. The molecule has 0 aliphatic heterocycles. The average molecular weight is 468 g/mol. The van der Waals surface area contributed by atoms with Crippen LogP contribution in [0.3, 0.4) is 0 Å². The molecule has 0 atom stereocenters. The van der Waals surface area contributed by atoms with Crippen molar-refractivity contribution >= 4 is 39.9 Å². The second-order valence-electron chi connectivity index (χ2n) is 7.02. The first-order valence-corrected chi connectivity index (χ1v) is 9.72. The lowest BCUT2D eigenvalue weighted by Crippen LogP contribution is -2.29. The van der Waals surface area contributed by atoms with E-state index in [1.165, 1.54) is 18.2 Å². The van der Waals surface area contributed by atoms with Crippen molar-refractivity contribution in [1.82, 2.24) is 9.78 Å². The molecule has 0 fully saturated rings. The summed E-state index contributed by atoms with van der Waals surface area (Å²) in [5.41, 5.74) is -2.38. The summed E-state index contributed by atoms with van der Waals surface area (Å²) in [6.45, 7) is 2.51. The smallest absolute Gasteiger partial charge is 0.418 e. The van der Waals surface area contributed by atoms with Gasteiger partial charge in [-0.05, 0) is 32.0 Å². The molecule has 11 heteroatoms. The first kappa shape index (κ1) is 23.3. The van der Waals surface area contributed by atoms with Crippen molar-refractivity contribution in [2.45, 2.75) is 26.1 Å². The molecule has 0 aliphatic rings. The number of carbonyl (C=O) groups excluding carboxylic acids is 2. The van der Waals surface area contributed by atoms with Gasteiger partial charge in [0.2, 0.25) is 0 Å². The second kappa shape index (κ2) is 8.99. The number of anilines is 1. The van der Waals surface area contributed by atoms with E-state index in [1.54, 1.807) is 26.0 Å². The van der Waals surface area contributed by atoms with E-state index in [2.05, 4.69) is 5.10 Å². The summed E-state index contributed by atoms with van der Waals surface area (Å²) in [4.78, 5) is 37.3. The molecule has 0 spiro atoms. The number of amides is 1. The van der Waals surface area contributed by atoms with Gasteiger partial charge < -0.3 is 10.1 Å². The molecular weight excluding hydrogens is 451 g/mol. The molecular formula is C21H17ClF3N3O4. The van der Waals surface area contributed by atoms with Gasteiger partial charge in [-0.15, -0.1) is 0 Å². The van der Waals surface area contributed by atoms with Crippen molar-refractivity contribution in [3.8, 4) is 0 Å². The Morgan fingerprint density at radius 1 is 1.12 bits per heavy atom. The van der Waals surface area contributed by atoms with Crippen molar-refractivity contribution in [2.75, 3.05) is 11.9 Å². The van der Waals surface area contributed by atoms with Gasteiger partial charge in [0.05, 0.1) is 27.7 Å².